The Kier molecular flexibility index (Phi) is 4.68. The number of fused-ring (bicyclic) bond motifs is 2. The minimum atomic E-state index is -0.286. The van der Waals surface area contributed by atoms with Gasteiger partial charge in [-0.05, 0) is 61.6 Å². The van der Waals surface area contributed by atoms with Gasteiger partial charge in [-0.1, -0.05) is 24.3 Å². The van der Waals surface area contributed by atoms with Crippen molar-refractivity contribution in [3.63, 3.8) is 0 Å². The topological polar surface area (TPSA) is 26.2 Å². The van der Waals surface area contributed by atoms with Gasteiger partial charge in [-0.3, -0.25) is 0 Å². The van der Waals surface area contributed by atoms with Crippen LogP contribution in [-0.4, -0.2) is 23.8 Å². The van der Waals surface area contributed by atoms with Gasteiger partial charge in [-0.2, -0.15) is 0 Å². The van der Waals surface area contributed by atoms with E-state index < -0.39 is 0 Å². The Hall–Kier alpha value is -2.33. The van der Waals surface area contributed by atoms with Crippen LogP contribution in [0.3, 0.4) is 0 Å². The van der Waals surface area contributed by atoms with Crippen LogP contribution in [0.4, 0.5) is 4.39 Å². The van der Waals surface area contributed by atoms with Crippen LogP contribution in [0, 0.1) is 5.82 Å². The number of hydrogen-bond acceptors (Lipinski definition) is 2. The summed E-state index contributed by atoms with van der Waals surface area (Å²) in [6.07, 6.45) is 5.13. The van der Waals surface area contributed by atoms with E-state index >= 15 is 0 Å². The van der Waals surface area contributed by atoms with Crippen molar-refractivity contribution in [2.45, 2.75) is 32.2 Å². The van der Waals surface area contributed by atoms with Crippen molar-refractivity contribution in [1.82, 2.24) is 9.88 Å². The van der Waals surface area contributed by atoms with Crippen molar-refractivity contribution in [3.8, 4) is 5.75 Å². The number of hydrogen-bond donors (Lipinski definition) is 1. The van der Waals surface area contributed by atoms with Gasteiger partial charge in [0.05, 0.1) is 12.1 Å². The van der Waals surface area contributed by atoms with Crippen LogP contribution in [0.25, 0.3) is 10.9 Å². The highest BCUT2D eigenvalue weighted by molar-refractivity contribution is 5.90. The van der Waals surface area contributed by atoms with Gasteiger partial charge in [0.25, 0.3) is 0 Å². The standard InChI is InChI=1S/C22H25FN2O/c1-3-26-22-19(23)8-9-20-21(22)17(14-25(20)2)10-11-24-18-12-15-6-4-5-7-16(15)13-18/h4-9,14,18,24H,3,10-13H2,1-2H3. The molecule has 3 nitrogen and oxygen atoms in total. The summed E-state index contributed by atoms with van der Waals surface area (Å²) in [6.45, 7) is 3.23. The second kappa shape index (κ2) is 7.12. The second-order valence-electron chi connectivity index (χ2n) is 7.05. The molecule has 0 unspecified atom stereocenters. The van der Waals surface area contributed by atoms with Gasteiger partial charge in [0.2, 0.25) is 0 Å². The normalized spacial score (nSPS) is 14.1. The van der Waals surface area contributed by atoms with Gasteiger partial charge in [-0.25, -0.2) is 4.39 Å². The lowest BCUT2D eigenvalue weighted by Crippen LogP contribution is -2.31. The lowest BCUT2D eigenvalue weighted by atomic mass is 10.1. The van der Waals surface area contributed by atoms with E-state index in [0.29, 0.717) is 18.4 Å². The molecule has 0 spiro atoms. The lowest BCUT2D eigenvalue weighted by molar-refractivity contribution is 0.326. The van der Waals surface area contributed by atoms with Crippen LogP contribution >= 0.6 is 0 Å². The molecular weight excluding hydrogens is 327 g/mol. The van der Waals surface area contributed by atoms with Crippen LogP contribution < -0.4 is 10.1 Å². The molecule has 0 aliphatic heterocycles. The molecule has 4 heteroatoms. The van der Waals surface area contributed by atoms with E-state index in [4.69, 9.17) is 4.74 Å². The molecule has 0 radical (unpaired) electrons. The first kappa shape index (κ1) is 17.1. The molecule has 0 saturated heterocycles. The van der Waals surface area contributed by atoms with E-state index in [1.54, 1.807) is 0 Å². The molecule has 4 rings (SSSR count). The maximum absolute atomic E-state index is 14.3. The zero-order valence-electron chi connectivity index (χ0n) is 15.4. The highest BCUT2D eigenvalue weighted by Crippen LogP contribution is 2.33. The fourth-order valence-corrected chi connectivity index (χ4v) is 4.11. The molecule has 0 atom stereocenters. The predicted molar refractivity (Wildman–Crippen MR) is 103 cm³/mol. The first-order valence-corrected chi connectivity index (χ1v) is 9.36. The van der Waals surface area contributed by atoms with Crippen LogP contribution in [0.15, 0.2) is 42.6 Å². The first-order chi connectivity index (χ1) is 12.7. The SMILES string of the molecule is CCOc1c(F)ccc2c1c(CCNC1Cc3ccccc3C1)cn2C. The number of halogens is 1. The number of ether oxygens (including phenoxy) is 1. The van der Waals surface area contributed by atoms with Gasteiger partial charge in [-0.15, -0.1) is 0 Å². The summed E-state index contributed by atoms with van der Waals surface area (Å²) in [4.78, 5) is 0. The van der Waals surface area contributed by atoms with E-state index in [0.717, 1.165) is 42.3 Å². The van der Waals surface area contributed by atoms with E-state index in [-0.39, 0.29) is 5.82 Å². The third-order valence-corrected chi connectivity index (χ3v) is 5.31. The molecule has 1 heterocycles. The van der Waals surface area contributed by atoms with Gasteiger partial charge < -0.3 is 14.6 Å². The van der Waals surface area contributed by atoms with Crippen molar-refractivity contribution in [3.05, 3.63) is 65.1 Å². The van der Waals surface area contributed by atoms with E-state index in [9.17, 15) is 4.39 Å². The van der Waals surface area contributed by atoms with Crippen molar-refractivity contribution in [1.29, 1.82) is 0 Å². The largest absolute Gasteiger partial charge is 0.490 e. The summed E-state index contributed by atoms with van der Waals surface area (Å²) in [7, 11) is 2.00. The first-order valence-electron chi connectivity index (χ1n) is 9.36. The van der Waals surface area contributed by atoms with Crippen LogP contribution in [0.5, 0.6) is 5.75 Å². The number of rotatable bonds is 6. The molecule has 1 N–H and O–H groups in total. The molecule has 1 aliphatic rings. The lowest BCUT2D eigenvalue weighted by Gasteiger charge is -2.12. The smallest absolute Gasteiger partial charge is 0.165 e. The van der Waals surface area contributed by atoms with Crippen molar-refractivity contribution >= 4 is 10.9 Å². The fourth-order valence-electron chi connectivity index (χ4n) is 4.11. The summed E-state index contributed by atoms with van der Waals surface area (Å²) in [5.41, 5.74) is 5.05. The Morgan fingerprint density at radius 2 is 1.88 bits per heavy atom. The average Bonchev–Trinajstić information content (AvgIpc) is 3.18. The number of aromatic nitrogens is 1. The molecule has 0 saturated carbocycles. The number of aryl methyl sites for hydroxylation is 1. The van der Waals surface area contributed by atoms with Crippen LogP contribution in [-0.2, 0) is 26.3 Å². The molecule has 136 valence electrons. The van der Waals surface area contributed by atoms with Crippen LogP contribution in [0.1, 0.15) is 23.6 Å². The molecule has 1 aromatic heterocycles. The Bertz CT molecular complexity index is 906. The summed E-state index contributed by atoms with van der Waals surface area (Å²) < 4.78 is 21.9. The number of benzene rings is 2. The van der Waals surface area contributed by atoms with E-state index in [1.165, 1.54) is 17.2 Å². The van der Waals surface area contributed by atoms with E-state index in [1.807, 2.05) is 20.0 Å². The maximum atomic E-state index is 14.3. The van der Waals surface area contributed by atoms with Crippen molar-refractivity contribution in [2.24, 2.45) is 7.05 Å². The summed E-state index contributed by atoms with van der Waals surface area (Å²) >= 11 is 0. The zero-order valence-corrected chi connectivity index (χ0v) is 15.4. The number of nitrogens with one attached hydrogen (secondary N) is 1. The number of nitrogens with zero attached hydrogens (tertiary/aromatic N) is 1. The molecule has 0 bridgehead atoms. The Morgan fingerprint density at radius 1 is 1.15 bits per heavy atom. The van der Waals surface area contributed by atoms with Crippen molar-refractivity contribution < 1.29 is 9.13 Å². The molecule has 0 fully saturated rings. The Balaban J connectivity index is 1.49. The average molecular weight is 352 g/mol. The van der Waals surface area contributed by atoms with Gasteiger partial charge in [0.15, 0.2) is 11.6 Å². The van der Waals surface area contributed by atoms with Crippen molar-refractivity contribution in [2.75, 3.05) is 13.2 Å². The molecule has 26 heavy (non-hydrogen) atoms. The predicted octanol–water partition coefficient (Wildman–Crippen LogP) is 4.02. The summed E-state index contributed by atoms with van der Waals surface area (Å²) in [6, 6.07) is 12.5. The fraction of sp³-hybridized carbons (Fsp3) is 0.364. The second-order valence-corrected chi connectivity index (χ2v) is 7.05. The Labute approximate surface area is 153 Å². The van der Waals surface area contributed by atoms with E-state index in [2.05, 4.69) is 40.3 Å². The monoisotopic (exact) mass is 352 g/mol. The van der Waals surface area contributed by atoms with Gasteiger partial charge in [0, 0.05) is 24.7 Å². The quantitative estimate of drug-likeness (QED) is 0.725. The third-order valence-electron chi connectivity index (χ3n) is 5.31. The Morgan fingerprint density at radius 3 is 2.58 bits per heavy atom. The van der Waals surface area contributed by atoms with Gasteiger partial charge >= 0.3 is 0 Å². The molecule has 0 amide bonds. The minimum absolute atomic E-state index is 0.286. The molecule has 1 aliphatic carbocycles. The molecule has 3 aromatic rings. The maximum Gasteiger partial charge on any atom is 0.165 e. The minimum Gasteiger partial charge on any atom is -0.490 e. The highest BCUT2D eigenvalue weighted by Gasteiger charge is 2.21. The molecular formula is C22H25FN2O. The molecule has 2 aromatic carbocycles. The summed E-state index contributed by atoms with van der Waals surface area (Å²) in [5.74, 6) is 0.0971. The summed E-state index contributed by atoms with van der Waals surface area (Å²) in [5, 5.41) is 4.58. The highest BCUT2D eigenvalue weighted by atomic mass is 19.1. The third kappa shape index (κ3) is 3.10. The van der Waals surface area contributed by atoms with Gasteiger partial charge in [0.1, 0.15) is 0 Å². The van der Waals surface area contributed by atoms with Crippen LogP contribution in [0.2, 0.25) is 0 Å². The zero-order chi connectivity index (χ0) is 18.1.